The Kier molecular flexibility index (Phi) is 4.62. The van der Waals surface area contributed by atoms with E-state index in [9.17, 15) is 8.78 Å². The van der Waals surface area contributed by atoms with Crippen LogP contribution in [0.5, 0.6) is 5.75 Å². The van der Waals surface area contributed by atoms with E-state index in [4.69, 9.17) is 17.3 Å². The van der Waals surface area contributed by atoms with E-state index in [1.165, 1.54) is 6.07 Å². The Morgan fingerprint density at radius 3 is 2.73 bits per heavy atom. The summed E-state index contributed by atoms with van der Waals surface area (Å²) in [4.78, 5) is 0. The third kappa shape index (κ3) is 3.55. The predicted octanol–water partition coefficient (Wildman–Crippen LogP) is 3.04. The van der Waals surface area contributed by atoms with Crippen LogP contribution in [0.1, 0.15) is 12.0 Å². The molecule has 0 unspecified atom stereocenters. The predicted molar refractivity (Wildman–Crippen MR) is 56.5 cm³/mol. The Hall–Kier alpha value is -1.03. The smallest absolute Gasteiger partial charge is 0.387 e. The first-order chi connectivity index (χ1) is 7.15. The van der Waals surface area contributed by atoms with E-state index in [0.29, 0.717) is 30.0 Å². The van der Waals surface area contributed by atoms with Gasteiger partial charge in [-0.25, -0.2) is 0 Å². The summed E-state index contributed by atoms with van der Waals surface area (Å²) < 4.78 is 28.5. The van der Waals surface area contributed by atoms with Gasteiger partial charge in [-0.1, -0.05) is 6.07 Å². The normalized spacial score (nSPS) is 10.7. The zero-order valence-electron chi connectivity index (χ0n) is 8.05. The molecular formula is C10H12ClF2NO. The van der Waals surface area contributed by atoms with Gasteiger partial charge in [0.2, 0.25) is 0 Å². The van der Waals surface area contributed by atoms with Gasteiger partial charge in [0, 0.05) is 17.1 Å². The third-order valence-corrected chi connectivity index (χ3v) is 2.21. The lowest BCUT2D eigenvalue weighted by atomic mass is 10.1. The number of benzene rings is 1. The molecule has 0 heterocycles. The molecule has 0 amide bonds. The molecule has 84 valence electrons. The lowest BCUT2D eigenvalue weighted by molar-refractivity contribution is -0.0503. The molecule has 2 N–H and O–H groups in total. The maximum Gasteiger partial charge on any atom is 0.387 e. The van der Waals surface area contributed by atoms with Crippen LogP contribution in [0.3, 0.4) is 0 Å². The number of ether oxygens (including phenoxy) is 1. The van der Waals surface area contributed by atoms with Gasteiger partial charge in [-0.2, -0.15) is 8.78 Å². The highest BCUT2D eigenvalue weighted by Gasteiger charge is 2.11. The largest absolute Gasteiger partial charge is 0.434 e. The first kappa shape index (κ1) is 12.0. The summed E-state index contributed by atoms with van der Waals surface area (Å²) in [7, 11) is 0. The van der Waals surface area contributed by atoms with Crippen molar-refractivity contribution in [3.63, 3.8) is 0 Å². The van der Waals surface area contributed by atoms with Crippen molar-refractivity contribution in [3.8, 4) is 5.75 Å². The third-order valence-electron chi connectivity index (χ3n) is 1.95. The number of nitrogens with two attached hydrogens (primary N) is 1. The van der Waals surface area contributed by atoms with Gasteiger partial charge in [0.15, 0.2) is 0 Å². The van der Waals surface area contributed by atoms with Crippen LogP contribution >= 0.6 is 11.6 Å². The summed E-state index contributed by atoms with van der Waals surface area (Å²) in [6, 6.07) is 4.71. The monoisotopic (exact) mass is 235 g/mol. The molecule has 0 saturated carbocycles. The molecule has 1 aromatic carbocycles. The topological polar surface area (TPSA) is 35.2 Å². The molecule has 0 aromatic heterocycles. The van der Waals surface area contributed by atoms with Crippen LogP contribution in [-0.2, 0) is 6.42 Å². The summed E-state index contributed by atoms with van der Waals surface area (Å²) in [5.74, 6) is 0.595. The van der Waals surface area contributed by atoms with Crippen LogP contribution in [0, 0.1) is 0 Å². The highest BCUT2D eigenvalue weighted by atomic mass is 35.5. The van der Waals surface area contributed by atoms with Crippen LogP contribution in [0.4, 0.5) is 14.5 Å². The van der Waals surface area contributed by atoms with Crippen LogP contribution in [0.2, 0.25) is 0 Å². The molecule has 0 aliphatic heterocycles. The van der Waals surface area contributed by atoms with Crippen LogP contribution in [0.15, 0.2) is 18.2 Å². The molecule has 0 spiro atoms. The Bertz CT molecular complexity index is 320. The molecule has 0 radical (unpaired) electrons. The SMILES string of the molecule is Nc1cccc(OC(F)F)c1CCCCl. The van der Waals surface area contributed by atoms with Crippen LogP contribution < -0.4 is 10.5 Å². The molecule has 1 rings (SSSR count). The van der Waals surface area contributed by atoms with Crippen molar-refractivity contribution in [1.29, 1.82) is 0 Å². The van der Waals surface area contributed by atoms with Crippen molar-refractivity contribution in [1.82, 2.24) is 0 Å². The first-order valence-electron chi connectivity index (χ1n) is 4.53. The number of rotatable bonds is 5. The Morgan fingerprint density at radius 1 is 1.40 bits per heavy atom. The Labute approximate surface area is 92.0 Å². The van der Waals surface area contributed by atoms with Crippen molar-refractivity contribution in [2.75, 3.05) is 11.6 Å². The standard InChI is InChI=1S/C10H12ClF2NO/c11-6-2-3-7-8(14)4-1-5-9(7)15-10(12)13/h1,4-5,10H,2-3,6,14H2. The fourth-order valence-electron chi connectivity index (χ4n) is 1.30. The van der Waals surface area contributed by atoms with Crippen molar-refractivity contribution < 1.29 is 13.5 Å². The highest BCUT2D eigenvalue weighted by molar-refractivity contribution is 6.17. The maximum absolute atomic E-state index is 12.1. The molecule has 1 aromatic rings. The van der Waals surface area contributed by atoms with Gasteiger partial charge >= 0.3 is 6.61 Å². The number of halogens is 3. The summed E-state index contributed by atoms with van der Waals surface area (Å²) in [5.41, 5.74) is 6.72. The van der Waals surface area contributed by atoms with E-state index in [1.807, 2.05) is 0 Å². The molecule has 5 heteroatoms. The number of hydrogen-bond acceptors (Lipinski definition) is 2. The van der Waals surface area contributed by atoms with E-state index >= 15 is 0 Å². The highest BCUT2D eigenvalue weighted by Crippen LogP contribution is 2.27. The summed E-state index contributed by atoms with van der Waals surface area (Å²) in [5, 5.41) is 0. The minimum Gasteiger partial charge on any atom is -0.434 e. The molecule has 0 fully saturated rings. The zero-order chi connectivity index (χ0) is 11.3. The Balaban J connectivity index is 2.87. The first-order valence-corrected chi connectivity index (χ1v) is 5.06. The van der Waals surface area contributed by atoms with E-state index in [1.54, 1.807) is 12.1 Å². The molecule has 0 atom stereocenters. The molecule has 15 heavy (non-hydrogen) atoms. The second-order valence-corrected chi connectivity index (χ2v) is 3.37. The quantitative estimate of drug-likeness (QED) is 0.629. The van der Waals surface area contributed by atoms with Crippen LogP contribution in [0.25, 0.3) is 0 Å². The van der Waals surface area contributed by atoms with E-state index in [2.05, 4.69) is 4.74 Å². The molecular weight excluding hydrogens is 224 g/mol. The second kappa shape index (κ2) is 5.75. The van der Waals surface area contributed by atoms with E-state index < -0.39 is 6.61 Å². The summed E-state index contributed by atoms with van der Waals surface area (Å²) in [6.07, 6.45) is 1.22. The molecule has 0 aliphatic rings. The number of anilines is 1. The minimum absolute atomic E-state index is 0.134. The lowest BCUT2D eigenvalue weighted by Crippen LogP contribution is -2.06. The van der Waals surface area contributed by atoms with Crippen molar-refractivity contribution >= 4 is 17.3 Å². The average Bonchev–Trinajstić information content (AvgIpc) is 2.16. The fraction of sp³-hybridized carbons (Fsp3) is 0.400. The van der Waals surface area contributed by atoms with Crippen molar-refractivity contribution in [2.45, 2.75) is 19.5 Å². The van der Waals surface area contributed by atoms with E-state index in [0.717, 1.165) is 0 Å². The molecule has 0 bridgehead atoms. The lowest BCUT2D eigenvalue weighted by Gasteiger charge is -2.12. The summed E-state index contributed by atoms with van der Waals surface area (Å²) >= 11 is 5.53. The number of nitrogen functional groups attached to an aromatic ring is 1. The zero-order valence-corrected chi connectivity index (χ0v) is 8.81. The average molecular weight is 236 g/mol. The minimum atomic E-state index is -2.83. The van der Waals surface area contributed by atoms with Gasteiger partial charge < -0.3 is 10.5 Å². The van der Waals surface area contributed by atoms with Gasteiger partial charge in [-0.15, -0.1) is 11.6 Å². The molecule has 0 saturated heterocycles. The van der Waals surface area contributed by atoms with Gasteiger partial charge in [0.05, 0.1) is 0 Å². The summed E-state index contributed by atoms with van der Waals surface area (Å²) in [6.45, 7) is -2.83. The Morgan fingerprint density at radius 2 is 2.13 bits per heavy atom. The maximum atomic E-state index is 12.1. The van der Waals surface area contributed by atoms with Gasteiger partial charge in [0.1, 0.15) is 5.75 Å². The molecule has 2 nitrogen and oxygen atoms in total. The number of alkyl halides is 3. The van der Waals surface area contributed by atoms with Gasteiger partial charge in [-0.05, 0) is 25.0 Å². The second-order valence-electron chi connectivity index (χ2n) is 2.99. The van der Waals surface area contributed by atoms with E-state index in [-0.39, 0.29) is 5.75 Å². The van der Waals surface area contributed by atoms with Crippen LogP contribution in [-0.4, -0.2) is 12.5 Å². The van der Waals surface area contributed by atoms with Gasteiger partial charge in [-0.3, -0.25) is 0 Å². The number of hydrogen-bond donors (Lipinski definition) is 1. The fourth-order valence-corrected chi connectivity index (χ4v) is 1.43. The molecule has 0 aliphatic carbocycles. The van der Waals surface area contributed by atoms with Gasteiger partial charge in [0.25, 0.3) is 0 Å². The van der Waals surface area contributed by atoms with Crippen molar-refractivity contribution in [3.05, 3.63) is 23.8 Å². The van der Waals surface area contributed by atoms with Crippen molar-refractivity contribution in [2.24, 2.45) is 0 Å².